The molecule has 0 bridgehead atoms. The first-order valence-corrected chi connectivity index (χ1v) is 11.8. The molecule has 2 N–H and O–H groups in total. The topological polar surface area (TPSA) is 95.6 Å². The zero-order valence-electron chi connectivity index (χ0n) is 17.0. The molecule has 0 aromatic heterocycles. The van der Waals surface area contributed by atoms with Gasteiger partial charge in [0.05, 0.1) is 10.6 Å². The van der Waals surface area contributed by atoms with Crippen molar-refractivity contribution >= 4 is 39.1 Å². The predicted molar refractivity (Wildman–Crippen MR) is 116 cm³/mol. The Hall–Kier alpha value is -2.56. The zero-order valence-corrected chi connectivity index (χ0v) is 18.6. The summed E-state index contributed by atoms with van der Waals surface area (Å²) in [5.41, 5.74) is -0.320. The van der Waals surface area contributed by atoms with Gasteiger partial charge in [0, 0.05) is 30.2 Å². The molecule has 2 amide bonds. The number of carbonyl (C=O) groups is 2. The van der Waals surface area contributed by atoms with Crippen LogP contribution in [-0.2, 0) is 19.6 Å². The van der Waals surface area contributed by atoms with Crippen LogP contribution in [0.4, 0.5) is 14.5 Å². The van der Waals surface area contributed by atoms with Crippen molar-refractivity contribution in [3.63, 3.8) is 0 Å². The fourth-order valence-corrected chi connectivity index (χ4v) is 5.37. The number of piperidine rings is 1. The predicted octanol–water partition coefficient (Wildman–Crippen LogP) is 3.31. The molecule has 1 fully saturated rings. The summed E-state index contributed by atoms with van der Waals surface area (Å²) in [4.78, 5) is 24.1. The van der Waals surface area contributed by atoms with Crippen molar-refractivity contribution in [2.24, 2.45) is 0 Å². The minimum atomic E-state index is -3.73. The third-order valence-corrected chi connectivity index (χ3v) is 7.36. The average molecular weight is 486 g/mol. The standard InChI is InChI=1S/C21H22ClF2N3O4S/c22-14-4-7-17(8-5-14)32(30,31)27-12-2-1-3-16(27)10-11-25-20(28)21(29)26-19-9-6-15(23)13-18(19)24/h4-9,13,16H,1-3,10-12H2,(H,25,28)(H,26,29). The molecule has 11 heteroatoms. The van der Waals surface area contributed by atoms with Gasteiger partial charge in [0.1, 0.15) is 11.6 Å². The molecule has 1 aliphatic heterocycles. The lowest BCUT2D eigenvalue weighted by Crippen LogP contribution is -2.45. The van der Waals surface area contributed by atoms with E-state index < -0.39 is 33.5 Å². The van der Waals surface area contributed by atoms with Gasteiger partial charge in [-0.25, -0.2) is 17.2 Å². The maximum Gasteiger partial charge on any atom is 0.313 e. The molecule has 0 spiro atoms. The highest BCUT2D eigenvalue weighted by Crippen LogP contribution is 2.27. The summed E-state index contributed by atoms with van der Waals surface area (Å²) in [6.07, 6.45) is 2.49. The van der Waals surface area contributed by atoms with E-state index in [1.807, 2.05) is 0 Å². The fourth-order valence-electron chi connectivity index (χ4n) is 3.52. The fraction of sp³-hybridized carbons (Fsp3) is 0.333. The third kappa shape index (κ3) is 5.81. The van der Waals surface area contributed by atoms with E-state index in [0.29, 0.717) is 30.5 Å². The molecule has 1 heterocycles. The molecule has 1 unspecified atom stereocenters. The van der Waals surface area contributed by atoms with Crippen LogP contribution in [0, 0.1) is 11.6 Å². The van der Waals surface area contributed by atoms with Crippen LogP contribution >= 0.6 is 11.6 Å². The van der Waals surface area contributed by atoms with Crippen LogP contribution in [0.15, 0.2) is 47.4 Å². The molecular formula is C21H22ClF2N3O4S. The van der Waals surface area contributed by atoms with Gasteiger partial charge in [0.15, 0.2) is 0 Å². The second kappa shape index (κ2) is 10.4. The minimum Gasteiger partial charge on any atom is -0.348 e. The molecule has 1 atom stereocenters. The Labute approximate surface area is 189 Å². The van der Waals surface area contributed by atoms with Gasteiger partial charge in [-0.3, -0.25) is 9.59 Å². The number of amides is 2. The largest absolute Gasteiger partial charge is 0.348 e. The summed E-state index contributed by atoms with van der Waals surface area (Å²) in [5, 5.41) is 4.92. The highest BCUT2D eigenvalue weighted by atomic mass is 35.5. The Bertz CT molecular complexity index is 1100. The third-order valence-electron chi connectivity index (χ3n) is 5.14. The Kier molecular flexibility index (Phi) is 7.81. The molecule has 0 radical (unpaired) electrons. The van der Waals surface area contributed by atoms with Gasteiger partial charge < -0.3 is 10.6 Å². The van der Waals surface area contributed by atoms with Gasteiger partial charge >= 0.3 is 11.8 Å². The Morgan fingerprint density at radius 1 is 1.06 bits per heavy atom. The molecule has 2 aromatic carbocycles. The highest BCUT2D eigenvalue weighted by molar-refractivity contribution is 7.89. The van der Waals surface area contributed by atoms with E-state index >= 15 is 0 Å². The SMILES string of the molecule is O=C(NCCC1CCCCN1S(=O)(=O)c1ccc(Cl)cc1)C(=O)Nc1ccc(F)cc1F. The summed E-state index contributed by atoms with van der Waals surface area (Å²) in [6, 6.07) is 8.13. The molecule has 0 aliphatic carbocycles. The lowest BCUT2D eigenvalue weighted by Gasteiger charge is -2.34. The first kappa shape index (κ1) is 24.1. The molecule has 1 saturated heterocycles. The van der Waals surface area contributed by atoms with Crippen molar-refractivity contribution in [1.29, 1.82) is 0 Å². The maximum absolute atomic E-state index is 13.6. The van der Waals surface area contributed by atoms with Crippen LogP contribution in [0.3, 0.4) is 0 Å². The number of hydrogen-bond donors (Lipinski definition) is 2. The van der Waals surface area contributed by atoms with Gasteiger partial charge in [0.25, 0.3) is 0 Å². The van der Waals surface area contributed by atoms with E-state index in [-0.39, 0.29) is 23.2 Å². The molecule has 1 aliphatic rings. The maximum atomic E-state index is 13.6. The van der Waals surface area contributed by atoms with Crippen LogP contribution in [0.5, 0.6) is 0 Å². The van der Waals surface area contributed by atoms with Crippen molar-refractivity contribution < 1.29 is 26.8 Å². The highest BCUT2D eigenvalue weighted by Gasteiger charge is 2.33. The Morgan fingerprint density at radius 3 is 2.47 bits per heavy atom. The molecule has 0 saturated carbocycles. The van der Waals surface area contributed by atoms with Crippen LogP contribution in [0.25, 0.3) is 0 Å². The smallest absolute Gasteiger partial charge is 0.313 e. The van der Waals surface area contributed by atoms with Gasteiger partial charge in [-0.1, -0.05) is 18.0 Å². The first-order valence-electron chi connectivity index (χ1n) is 10.00. The van der Waals surface area contributed by atoms with Gasteiger partial charge in [-0.15, -0.1) is 0 Å². The molecule has 172 valence electrons. The summed E-state index contributed by atoms with van der Waals surface area (Å²) < 4.78 is 54.1. The van der Waals surface area contributed by atoms with Crippen molar-refractivity contribution in [3.05, 3.63) is 59.1 Å². The van der Waals surface area contributed by atoms with Gasteiger partial charge in [-0.05, 0) is 55.7 Å². The number of nitrogens with zero attached hydrogens (tertiary/aromatic N) is 1. The van der Waals surface area contributed by atoms with Gasteiger partial charge in [-0.2, -0.15) is 4.31 Å². The van der Waals surface area contributed by atoms with E-state index in [9.17, 15) is 26.8 Å². The monoisotopic (exact) mass is 485 g/mol. The number of halogens is 3. The van der Waals surface area contributed by atoms with Crippen molar-refractivity contribution in [2.75, 3.05) is 18.4 Å². The van der Waals surface area contributed by atoms with E-state index in [1.54, 1.807) is 0 Å². The second-order valence-electron chi connectivity index (χ2n) is 7.34. The number of nitrogens with one attached hydrogen (secondary N) is 2. The number of sulfonamides is 1. The van der Waals surface area contributed by atoms with Gasteiger partial charge in [0.2, 0.25) is 10.0 Å². The summed E-state index contributed by atoms with van der Waals surface area (Å²) in [7, 11) is -3.73. The van der Waals surface area contributed by atoms with E-state index in [4.69, 9.17) is 11.6 Å². The lowest BCUT2D eigenvalue weighted by molar-refractivity contribution is -0.136. The number of anilines is 1. The average Bonchev–Trinajstić information content (AvgIpc) is 2.76. The quantitative estimate of drug-likeness (QED) is 0.614. The Morgan fingerprint density at radius 2 is 1.78 bits per heavy atom. The van der Waals surface area contributed by atoms with E-state index in [2.05, 4.69) is 10.6 Å². The number of rotatable bonds is 6. The summed E-state index contributed by atoms with van der Waals surface area (Å²) in [5.74, 6) is -3.92. The zero-order chi connectivity index (χ0) is 23.3. The Balaban J connectivity index is 1.58. The molecule has 7 nitrogen and oxygen atoms in total. The van der Waals surface area contributed by atoms with Crippen LogP contribution in [-0.4, -0.2) is 43.7 Å². The van der Waals surface area contributed by atoms with Crippen molar-refractivity contribution in [3.8, 4) is 0 Å². The van der Waals surface area contributed by atoms with Crippen LogP contribution < -0.4 is 10.6 Å². The minimum absolute atomic E-state index is 0.0510. The molecular weight excluding hydrogens is 464 g/mol. The van der Waals surface area contributed by atoms with Crippen molar-refractivity contribution in [2.45, 2.75) is 36.6 Å². The van der Waals surface area contributed by atoms with Crippen LogP contribution in [0.2, 0.25) is 5.02 Å². The second-order valence-corrected chi connectivity index (χ2v) is 9.67. The lowest BCUT2D eigenvalue weighted by atomic mass is 10.0. The molecule has 2 aromatic rings. The number of benzene rings is 2. The number of carbonyl (C=O) groups excluding carboxylic acids is 2. The first-order chi connectivity index (χ1) is 15.2. The molecule has 32 heavy (non-hydrogen) atoms. The van der Waals surface area contributed by atoms with E-state index in [1.165, 1.54) is 28.6 Å². The van der Waals surface area contributed by atoms with Crippen LogP contribution in [0.1, 0.15) is 25.7 Å². The number of hydrogen-bond acceptors (Lipinski definition) is 4. The normalized spacial score (nSPS) is 17.0. The summed E-state index contributed by atoms with van der Waals surface area (Å²) in [6.45, 7) is 0.406. The van der Waals surface area contributed by atoms with E-state index in [0.717, 1.165) is 25.0 Å². The molecule has 3 rings (SSSR count). The summed E-state index contributed by atoms with van der Waals surface area (Å²) >= 11 is 5.85. The van der Waals surface area contributed by atoms with Crippen molar-refractivity contribution in [1.82, 2.24) is 9.62 Å².